The van der Waals surface area contributed by atoms with Gasteiger partial charge >= 0.3 is 5.69 Å². The first-order valence-corrected chi connectivity index (χ1v) is 7.05. The Morgan fingerprint density at radius 1 is 1.30 bits per heavy atom. The van der Waals surface area contributed by atoms with Gasteiger partial charge in [0.1, 0.15) is 5.65 Å². The number of aryl methyl sites for hydroxylation is 1. The van der Waals surface area contributed by atoms with Gasteiger partial charge < -0.3 is 14.8 Å². The quantitative estimate of drug-likeness (QED) is 0.760. The highest BCUT2D eigenvalue weighted by Gasteiger charge is 2.23. The lowest BCUT2D eigenvalue weighted by atomic mass is 10.2. The molecule has 0 aromatic carbocycles. The third-order valence-corrected chi connectivity index (χ3v) is 3.67. The van der Waals surface area contributed by atoms with Crippen molar-refractivity contribution < 1.29 is 14.3 Å². The molecule has 9 heteroatoms. The summed E-state index contributed by atoms with van der Waals surface area (Å²) >= 11 is 0. The predicted molar refractivity (Wildman–Crippen MR) is 81.4 cm³/mol. The molecule has 1 saturated heterocycles. The van der Waals surface area contributed by atoms with Gasteiger partial charge in [0.2, 0.25) is 0 Å². The molecule has 0 saturated carbocycles. The van der Waals surface area contributed by atoms with Crippen LogP contribution in [-0.2, 0) is 28.4 Å². The zero-order valence-corrected chi connectivity index (χ0v) is 12.7. The number of hydrogen-bond donors (Lipinski definition) is 1. The number of nitrogens with zero attached hydrogens (tertiary/aromatic N) is 3. The van der Waals surface area contributed by atoms with Crippen molar-refractivity contribution in [1.82, 2.24) is 14.1 Å². The highest BCUT2D eigenvalue weighted by molar-refractivity contribution is 5.95. The van der Waals surface area contributed by atoms with E-state index in [2.05, 4.69) is 10.3 Å². The first-order chi connectivity index (χ1) is 11.0. The monoisotopic (exact) mass is 320 g/mol. The Morgan fingerprint density at radius 3 is 2.78 bits per heavy atom. The fraction of sp³-hybridized carbons (Fsp3) is 0.429. The van der Waals surface area contributed by atoms with Crippen LogP contribution in [0.5, 0.6) is 0 Å². The molecule has 23 heavy (non-hydrogen) atoms. The summed E-state index contributed by atoms with van der Waals surface area (Å²) in [7, 11) is 2.92. The van der Waals surface area contributed by atoms with E-state index < -0.39 is 17.4 Å². The maximum absolute atomic E-state index is 12.2. The molecule has 0 aliphatic carbocycles. The van der Waals surface area contributed by atoms with Crippen LogP contribution in [0.15, 0.2) is 21.9 Å². The van der Waals surface area contributed by atoms with Gasteiger partial charge in [-0.1, -0.05) is 0 Å². The molecule has 0 spiro atoms. The molecule has 1 atom stereocenters. The first-order valence-electron chi connectivity index (χ1n) is 7.05. The van der Waals surface area contributed by atoms with E-state index in [9.17, 15) is 14.4 Å². The van der Waals surface area contributed by atoms with Crippen LogP contribution in [0.3, 0.4) is 0 Å². The van der Waals surface area contributed by atoms with Crippen LogP contribution >= 0.6 is 0 Å². The van der Waals surface area contributed by atoms with Gasteiger partial charge in [-0.25, -0.2) is 9.78 Å². The molecular weight excluding hydrogens is 304 g/mol. The highest BCUT2D eigenvalue weighted by Crippen LogP contribution is 2.13. The molecule has 3 heterocycles. The van der Waals surface area contributed by atoms with Gasteiger partial charge in [-0.15, -0.1) is 0 Å². The number of amides is 1. The number of anilines is 1. The average molecular weight is 320 g/mol. The normalized spacial score (nSPS) is 18.1. The molecule has 9 nitrogen and oxygen atoms in total. The second-order valence-corrected chi connectivity index (χ2v) is 5.22. The Labute approximate surface area is 130 Å². The van der Waals surface area contributed by atoms with Crippen molar-refractivity contribution in [2.24, 2.45) is 14.1 Å². The lowest BCUT2D eigenvalue weighted by molar-refractivity contribution is -0.142. The van der Waals surface area contributed by atoms with Crippen LogP contribution < -0.4 is 16.6 Å². The molecule has 122 valence electrons. The van der Waals surface area contributed by atoms with E-state index >= 15 is 0 Å². The first kappa shape index (κ1) is 15.4. The van der Waals surface area contributed by atoms with E-state index in [4.69, 9.17) is 9.47 Å². The van der Waals surface area contributed by atoms with Crippen molar-refractivity contribution in [2.75, 3.05) is 25.1 Å². The number of ether oxygens (including phenoxy) is 2. The number of rotatable bonds is 2. The average Bonchev–Trinajstić information content (AvgIpc) is 2.58. The van der Waals surface area contributed by atoms with Gasteiger partial charge in [0.25, 0.3) is 11.5 Å². The van der Waals surface area contributed by atoms with Crippen molar-refractivity contribution in [3.8, 4) is 0 Å². The molecule has 0 radical (unpaired) electrons. The van der Waals surface area contributed by atoms with Gasteiger partial charge in [0.15, 0.2) is 6.10 Å². The molecule has 3 rings (SSSR count). The molecule has 1 unspecified atom stereocenters. The van der Waals surface area contributed by atoms with Gasteiger partial charge in [-0.2, -0.15) is 0 Å². The van der Waals surface area contributed by atoms with Crippen molar-refractivity contribution in [3.63, 3.8) is 0 Å². The second-order valence-electron chi connectivity index (χ2n) is 5.22. The minimum Gasteiger partial charge on any atom is -0.376 e. The Hall–Kier alpha value is -2.52. The van der Waals surface area contributed by atoms with Crippen LogP contribution in [0.4, 0.5) is 5.69 Å². The van der Waals surface area contributed by atoms with Crippen molar-refractivity contribution in [3.05, 3.63) is 33.1 Å². The summed E-state index contributed by atoms with van der Waals surface area (Å²) in [6, 6.07) is 1.49. The van der Waals surface area contributed by atoms with E-state index in [-0.39, 0.29) is 23.5 Å². The summed E-state index contributed by atoms with van der Waals surface area (Å²) < 4.78 is 12.8. The molecule has 2 aromatic rings. The number of carbonyl (C=O) groups excluding carboxylic acids is 1. The van der Waals surface area contributed by atoms with Crippen LogP contribution in [0.25, 0.3) is 11.0 Å². The number of carbonyl (C=O) groups is 1. The summed E-state index contributed by atoms with van der Waals surface area (Å²) in [4.78, 5) is 40.3. The molecular formula is C14H16N4O5. The highest BCUT2D eigenvalue weighted by atomic mass is 16.6. The van der Waals surface area contributed by atoms with E-state index in [1.807, 2.05) is 0 Å². The van der Waals surface area contributed by atoms with Crippen LogP contribution in [0.2, 0.25) is 0 Å². The van der Waals surface area contributed by atoms with E-state index in [1.165, 1.54) is 30.9 Å². The summed E-state index contributed by atoms with van der Waals surface area (Å²) in [6.45, 7) is 1.01. The fourth-order valence-corrected chi connectivity index (χ4v) is 2.40. The van der Waals surface area contributed by atoms with Crippen molar-refractivity contribution in [2.45, 2.75) is 6.10 Å². The van der Waals surface area contributed by atoms with E-state index in [1.54, 1.807) is 0 Å². The van der Waals surface area contributed by atoms with Crippen molar-refractivity contribution >= 4 is 22.6 Å². The summed E-state index contributed by atoms with van der Waals surface area (Å²) in [5.74, 6) is -0.368. The van der Waals surface area contributed by atoms with Crippen LogP contribution in [-0.4, -0.2) is 45.9 Å². The van der Waals surface area contributed by atoms with E-state index in [0.717, 1.165) is 4.57 Å². The molecule has 2 aromatic heterocycles. The number of nitrogens with one attached hydrogen (secondary N) is 1. The zero-order valence-electron chi connectivity index (χ0n) is 12.7. The fourth-order valence-electron chi connectivity index (χ4n) is 2.40. The molecule has 1 aliphatic rings. The maximum atomic E-state index is 12.2. The summed E-state index contributed by atoms with van der Waals surface area (Å²) in [5, 5.41) is 2.89. The SMILES string of the molecule is Cn1c(=O)c2cc(NC(=O)C3COCCO3)cnc2n(C)c1=O. The van der Waals surface area contributed by atoms with Gasteiger partial charge in [-0.3, -0.25) is 18.7 Å². The molecule has 1 amide bonds. The number of fused-ring (bicyclic) bond motifs is 1. The Balaban J connectivity index is 1.95. The standard InChI is InChI=1S/C14H16N4O5/c1-17-11-9(13(20)18(2)14(17)21)5-8(6-15-11)16-12(19)10-7-22-3-4-23-10/h5-6,10H,3-4,7H2,1-2H3,(H,16,19). The van der Waals surface area contributed by atoms with Crippen molar-refractivity contribution in [1.29, 1.82) is 0 Å². The number of hydrogen-bond acceptors (Lipinski definition) is 6. The van der Waals surface area contributed by atoms with Gasteiger partial charge in [-0.05, 0) is 6.07 Å². The lowest BCUT2D eigenvalue weighted by Gasteiger charge is -2.22. The molecule has 1 fully saturated rings. The number of pyridine rings is 1. The predicted octanol–water partition coefficient (Wildman–Crippen LogP) is -1.01. The third-order valence-electron chi connectivity index (χ3n) is 3.67. The Morgan fingerprint density at radius 2 is 2.09 bits per heavy atom. The smallest absolute Gasteiger partial charge is 0.332 e. The van der Waals surface area contributed by atoms with Crippen LogP contribution in [0, 0.1) is 0 Å². The minimum absolute atomic E-state index is 0.184. The van der Waals surface area contributed by atoms with Gasteiger partial charge in [0.05, 0.1) is 37.1 Å². The largest absolute Gasteiger partial charge is 0.376 e. The lowest BCUT2D eigenvalue weighted by Crippen LogP contribution is -2.39. The summed E-state index contributed by atoms with van der Waals surface area (Å²) in [6.07, 6.45) is 0.699. The third kappa shape index (κ3) is 2.76. The Bertz CT molecular complexity index is 879. The Kier molecular flexibility index (Phi) is 3.97. The maximum Gasteiger partial charge on any atom is 0.332 e. The van der Waals surface area contributed by atoms with E-state index in [0.29, 0.717) is 18.9 Å². The second kappa shape index (κ2) is 5.94. The molecule has 1 N–H and O–H groups in total. The zero-order chi connectivity index (χ0) is 16.6. The molecule has 0 bridgehead atoms. The summed E-state index contributed by atoms with van der Waals surface area (Å²) in [5.41, 5.74) is -0.316. The van der Waals surface area contributed by atoms with Gasteiger partial charge in [0, 0.05) is 14.1 Å². The number of aromatic nitrogens is 3. The van der Waals surface area contributed by atoms with Crippen LogP contribution in [0.1, 0.15) is 0 Å². The topological polar surface area (TPSA) is 104 Å². The molecule has 1 aliphatic heterocycles. The minimum atomic E-state index is -0.692.